The first-order valence-corrected chi connectivity index (χ1v) is 6.45. The third-order valence-corrected chi connectivity index (χ3v) is 3.48. The van der Waals surface area contributed by atoms with Crippen molar-refractivity contribution < 1.29 is 0 Å². The third-order valence-electron chi connectivity index (χ3n) is 3.48. The van der Waals surface area contributed by atoms with Crippen LogP contribution in [0.5, 0.6) is 0 Å². The molecule has 1 heteroatoms. The Labute approximate surface area is 89.7 Å². The molecule has 1 saturated carbocycles. The zero-order valence-corrected chi connectivity index (χ0v) is 10.2. The Hall–Kier alpha value is -0.0400. The lowest BCUT2D eigenvalue weighted by molar-refractivity contribution is 0.409. The first kappa shape index (κ1) is 12.0. The van der Waals surface area contributed by atoms with Gasteiger partial charge in [0.25, 0.3) is 0 Å². The predicted octanol–water partition coefficient (Wildman–Crippen LogP) is 3.59. The number of hydrogen-bond acceptors (Lipinski definition) is 1. The summed E-state index contributed by atoms with van der Waals surface area (Å²) in [7, 11) is 0. The molecule has 0 aromatic rings. The second-order valence-corrected chi connectivity index (χ2v) is 5.28. The summed E-state index contributed by atoms with van der Waals surface area (Å²) in [6.45, 7) is 8.12. The van der Waals surface area contributed by atoms with Gasteiger partial charge < -0.3 is 5.32 Å². The molecule has 0 bridgehead atoms. The minimum absolute atomic E-state index is 0.792. The van der Waals surface area contributed by atoms with E-state index in [9.17, 15) is 0 Å². The van der Waals surface area contributed by atoms with Gasteiger partial charge in [0, 0.05) is 6.04 Å². The summed E-state index contributed by atoms with van der Waals surface area (Å²) in [5.41, 5.74) is 0. The molecule has 2 unspecified atom stereocenters. The number of nitrogens with one attached hydrogen (secondary N) is 1. The van der Waals surface area contributed by atoms with Crippen LogP contribution < -0.4 is 5.32 Å². The molecule has 84 valence electrons. The highest BCUT2D eigenvalue weighted by molar-refractivity contribution is 4.74. The number of rotatable bonds is 4. The van der Waals surface area contributed by atoms with Gasteiger partial charge in [0.2, 0.25) is 0 Å². The van der Waals surface area contributed by atoms with E-state index < -0.39 is 0 Å². The molecular weight excluding hydrogens is 170 g/mol. The van der Waals surface area contributed by atoms with Crippen molar-refractivity contribution in [2.75, 3.05) is 6.54 Å². The summed E-state index contributed by atoms with van der Waals surface area (Å²) in [5, 5.41) is 3.71. The third kappa shape index (κ3) is 4.45. The molecule has 0 saturated heterocycles. The molecule has 14 heavy (non-hydrogen) atoms. The van der Waals surface area contributed by atoms with E-state index in [0.29, 0.717) is 0 Å². The summed E-state index contributed by atoms with van der Waals surface area (Å²) in [6, 6.07) is 0.814. The minimum Gasteiger partial charge on any atom is -0.314 e. The standard InChI is InChI=1S/C13H27N/c1-4-12-6-5-7-13(9-8-12)14-10-11(2)3/h11-14H,4-10H2,1-3H3. The van der Waals surface area contributed by atoms with Crippen molar-refractivity contribution in [3.8, 4) is 0 Å². The zero-order valence-electron chi connectivity index (χ0n) is 10.2. The molecule has 0 amide bonds. The Kier molecular flexibility index (Phi) is 5.54. The van der Waals surface area contributed by atoms with Gasteiger partial charge in [-0.05, 0) is 37.6 Å². The summed E-state index contributed by atoms with van der Waals surface area (Å²) in [4.78, 5) is 0. The molecule has 0 aromatic heterocycles. The minimum atomic E-state index is 0.792. The fraction of sp³-hybridized carbons (Fsp3) is 1.00. The van der Waals surface area contributed by atoms with Gasteiger partial charge in [-0.3, -0.25) is 0 Å². The SMILES string of the molecule is CCC1CCCC(NCC(C)C)CC1. The van der Waals surface area contributed by atoms with Gasteiger partial charge in [0.05, 0.1) is 0 Å². The summed E-state index contributed by atoms with van der Waals surface area (Å²) < 4.78 is 0. The Bertz CT molecular complexity index is 142. The van der Waals surface area contributed by atoms with Crippen LogP contribution in [0.4, 0.5) is 0 Å². The van der Waals surface area contributed by atoms with Crippen LogP contribution in [0.25, 0.3) is 0 Å². The molecule has 1 N–H and O–H groups in total. The van der Waals surface area contributed by atoms with Crippen LogP contribution in [0.15, 0.2) is 0 Å². The highest BCUT2D eigenvalue weighted by Gasteiger charge is 2.17. The zero-order chi connectivity index (χ0) is 10.4. The largest absolute Gasteiger partial charge is 0.314 e. The van der Waals surface area contributed by atoms with Crippen LogP contribution in [0, 0.1) is 11.8 Å². The van der Waals surface area contributed by atoms with E-state index >= 15 is 0 Å². The lowest BCUT2D eigenvalue weighted by atomic mass is 9.98. The van der Waals surface area contributed by atoms with E-state index in [1.165, 1.54) is 45.1 Å². The van der Waals surface area contributed by atoms with E-state index in [0.717, 1.165) is 17.9 Å². The average molecular weight is 197 g/mol. The van der Waals surface area contributed by atoms with Crippen LogP contribution in [0.3, 0.4) is 0 Å². The first-order chi connectivity index (χ1) is 6.72. The maximum absolute atomic E-state index is 3.71. The van der Waals surface area contributed by atoms with Gasteiger partial charge in [-0.15, -0.1) is 0 Å². The van der Waals surface area contributed by atoms with E-state index in [1.54, 1.807) is 0 Å². The van der Waals surface area contributed by atoms with Crippen molar-refractivity contribution >= 4 is 0 Å². The van der Waals surface area contributed by atoms with Crippen molar-refractivity contribution in [1.82, 2.24) is 5.32 Å². The van der Waals surface area contributed by atoms with E-state index in [4.69, 9.17) is 0 Å². The molecule has 0 aliphatic heterocycles. The van der Waals surface area contributed by atoms with Gasteiger partial charge in [0.15, 0.2) is 0 Å². The van der Waals surface area contributed by atoms with Gasteiger partial charge in [-0.2, -0.15) is 0 Å². The van der Waals surface area contributed by atoms with Gasteiger partial charge in [-0.25, -0.2) is 0 Å². The highest BCUT2D eigenvalue weighted by Crippen LogP contribution is 2.25. The Morgan fingerprint density at radius 1 is 1.14 bits per heavy atom. The topological polar surface area (TPSA) is 12.0 Å². The molecule has 0 aromatic carbocycles. The number of hydrogen-bond donors (Lipinski definition) is 1. The molecule has 2 atom stereocenters. The first-order valence-electron chi connectivity index (χ1n) is 6.45. The van der Waals surface area contributed by atoms with Gasteiger partial charge >= 0.3 is 0 Å². The second-order valence-electron chi connectivity index (χ2n) is 5.28. The van der Waals surface area contributed by atoms with Crippen LogP contribution in [-0.4, -0.2) is 12.6 Å². The van der Waals surface area contributed by atoms with Crippen molar-refractivity contribution in [2.45, 2.75) is 65.3 Å². The van der Waals surface area contributed by atoms with Crippen LogP contribution >= 0.6 is 0 Å². The fourth-order valence-corrected chi connectivity index (χ4v) is 2.39. The highest BCUT2D eigenvalue weighted by atomic mass is 14.9. The monoisotopic (exact) mass is 197 g/mol. The lowest BCUT2D eigenvalue weighted by Gasteiger charge is -2.18. The average Bonchev–Trinajstić information content (AvgIpc) is 2.39. The molecule has 0 radical (unpaired) electrons. The van der Waals surface area contributed by atoms with E-state index in [2.05, 4.69) is 26.1 Å². The molecule has 1 nitrogen and oxygen atoms in total. The van der Waals surface area contributed by atoms with Crippen molar-refractivity contribution in [3.63, 3.8) is 0 Å². The summed E-state index contributed by atoms with van der Waals surface area (Å²) in [6.07, 6.45) is 8.56. The van der Waals surface area contributed by atoms with Crippen LogP contribution in [0.1, 0.15) is 59.3 Å². The Morgan fingerprint density at radius 2 is 1.93 bits per heavy atom. The summed E-state index contributed by atoms with van der Waals surface area (Å²) >= 11 is 0. The molecular formula is C13H27N. The van der Waals surface area contributed by atoms with Crippen molar-refractivity contribution in [2.24, 2.45) is 11.8 Å². The van der Waals surface area contributed by atoms with Crippen molar-refractivity contribution in [1.29, 1.82) is 0 Å². The normalized spacial score (nSPS) is 29.1. The van der Waals surface area contributed by atoms with E-state index in [1.807, 2.05) is 0 Å². The molecule has 1 aliphatic carbocycles. The Morgan fingerprint density at radius 3 is 2.57 bits per heavy atom. The maximum Gasteiger partial charge on any atom is 0.00672 e. The van der Waals surface area contributed by atoms with Crippen molar-refractivity contribution in [3.05, 3.63) is 0 Å². The fourth-order valence-electron chi connectivity index (χ4n) is 2.39. The van der Waals surface area contributed by atoms with E-state index in [-0.39, 0.29) is 0 Å². The second kappa shape index (κ2) is 6.44. The molecule has 1 rings (SSSR count). The smallest absolute Gasteiger partial charge is 0.00672 e. The quantitative estimate of drug-likeness (QED) is 0.679. The summed E-state index contributed by atoms with van der Waals surface area (Å²) in [5.74, 6) is 1.81. The maximum atomic E-state index is 3.71. The molecule has 1 fully saturated rings. The van der Waals surface area contributed by atoms with Gasteiger partial charge in [-0.1, -0.05) is 40.0 Å². The predicted molar refractivity (Wildman–Crippen MR) is 63.5 cm³/mol. The van der Waals surface area contributed by atoms with Gasteiger partial charge in [0.1, 0.15) is 0 Å². The molecule has 0 spiro atoms. The lowest BCUT2D eigenvalue weighted by Crippen LogP contribution is -2.31. The molecule has 1 aliphatic rings. The molecule has 0 heterocycles. The Balaban J connectivity index is 2.20. The van der Waals surface area contributed by atoms with Crippen LogP contribution in [0.2, 0.25) is 0 Å². The van der Waals surface area contributed by atoms with Crippen LogP contribution in [-0.2, 0) is 0 Å².